The molecule has 6 heteroatoms. The van der Waals surface area contributed by atoms with Crippen LogP contribution in [0.25, 0.3) is 0 Å². The molecule has 3 rings (SSSR count). The van der Waals surface area contributed by atoms with Crippen molar-refractivity contribution in [3.8, 4) is 0 Å². The number of likely N-dealkylation sites (N-methyl/N-ethyl adjacent to an activating group) is 1. The Hall–Kier alpha value is -1.92. The van der Waals surface area contributed by atoms with E-state index in [4.69, 9.17) is 5.11 Å². The molecule has 1 aromatic rings. The van der Waals surface area contributed by atoms with Crippen LogP contribution in [0.5, 0.6) is 0 Å². The summed E-state index contributed by atoms with van der Waals surface area (Å²) in [6, 6.07) is 10.9. The molecule has 28 heavy (non-hydrogen) atoms. The Morgan fingerprint density at radius 2 is 1.68 bits per heavy atom. The third kappa shape index (κ3) is 6.04. The molecule has 0 radical (unpaired) electrons. The Bertz CT molecular complexity index is 636. The molecule has 1 N–H and O–H groups in total. The summed E-state index contributed by atoms with van der Waals surface area (Å²) in [5.74, 6) is 0.137. The van der Waals surface area contributed by atoms with E-state index in [2.05, 4.69) is 35.2 Å². The van der Waals surface area contributed by atoms with Gasteiger partial charge in [0.25, 0.3) is 0 Å². The third-order valence-corrected chi connectivity index (χ3v) is 6.26. The molecule has 1 amide bonds. The molecule has 6 nitrogen and oxygen atoms in total. The van der Waals surface area contributed by atoms with Gasteiger partial charge in [0.05, 0.1) is 13.1 Å². The van der Waals surface area contributed by atoms with Crippen LogP contribution in [0, 0.1) is 5.92 Å². The lowest BCUT2D eigenvalue weighted by Crippen LogP contribution is -2.49. The van der Waals surface area contributed by atoms with Gasteiger partial charge in [0, 0.05) is 32.2 Å². The number of piperidine rings is 2. The molecule has 2 heterocycles. The number of hydrogen-bond acceptors (Lipinski definition) is 4. The lowest BCUT2D eigenvalue weighted by atomic mass is 9.90. The summed E-state index contributed by atoms with van der Waals surface area (Å²) in [4.78, 5) is 29.7. The number of likely N-dealkylation sites (tertiary alicyclic amines) is 2. The fraction of sp³-hybridized carbons (Fsp3) is 0.636. The molecule has 0 atom stereocenters. The molecule has 0 unspecified atom stereocenters. The van der Waals surface area contributed by atoms with E-state index in [0.29, 0.717) is 18.5 Å². The highest BCUT2D eigenvalue weighted by atomic mass is 16.4. The summed E-state index contributed by atoms with van der Waals surface area (Å²) < 4.78 is 0. The van der Waals surface area contributed by atoms with Crippen LogP contribution in [0.4, 0.5) is 0 Å². The van der Waals surface area contributed by atoms with Crippen LogP contribution in [0.15, 0.2) is 30.3 Å². The molecular formula is C22H33N3O3. The van der Waals surface area contributed by atoms with E-state index in [-0.39, 0.29) is 12.5 Å². The molecule has 2 aliphatic rings. The molecule has 2 aliphatic heterocycles. The average Bonchev–Trinajstić information content (AvgIpc) is 2.69. The predicted molar refractivity (Wildman–Crippen MR) is 109 cm³/mol. The summed E-state index contributed by atoms with van der Waals surface area (Å²) in [5, 5.41) is 8.93. The molecule has 0 bridgehead atoms. The highest BCUT2D eigenvalue weighted by Gasteiger charge is 2.27. The fourth-order valence-corrected chi connectivity index (χ4v) is 4.49. The Morgan fingerprint density at radius 1 is 1.04 bits per heavy atom. The van der Waals surface area contributed by atoms with Crippen molar-refractivity contribution >= 4 is 11.9 Å². The second-order valence-corrected chi connectivity index (χ2v) is 8.33. The largest absolute Gasteiger partial charge is 0.480 e. The summed E-state index contributed by atoms with van der Waals surface area (Å²) in [5.41, 5.74) is 1.39. The van der Waals surface area contributed by atoms with Crippen LogP contribution in [0.3, 0.4) is 0 Å². The summed E-state index contributed by atoms with van der Waals surface area (Å²) >= 11 is 0. The van der Waals surface area contributed by atoms with E-state index in [9.17, 15) is 9.59 Å². The normalized spacial score (nSPS) is 19.9. The predicted octanol–water partition coefficient (Wildman–Crippen LogP) is 1.95. The van der Waals surface area contributed by atoms with Crippen molar-refractivity contribution in [1.82, 2.24) is 14.7 Å². The minimum Gasteiger partial charge on any atom is -0.480 e. The zero-order valence-corrected chi connectivity index (χ0v) is 16.9. The molecule has 0 aliphatic carbocycles. The first-order valence-electron chi connectivity index (χ1n) is 10.5. The first-order chi connectivity index (χ1) is 13.5. The van der Waals surface area contributed by atoms with Crippen molar-refractivity contribution in [1.29, 1.82) is 0 Å². The lowest BCUT2D eigenvalue weighted by Gasteiger charge is -2.37. The SMILES string of the molecule is CN(CC(=O)O)C1CCN(CC(=O)N2CCC(Cc3ccccc3)CC2)CC1. The van der Waals surface area contributed by atoms with Gasteiger partial charge in [-0.25, -0.2) is 0 Å². The van der Waals surface area contributed by atoms with Crippen LogP contribution in [-0.2, 0) is 16.0 Å². The number of amides is 1. The summed E-state index contributed by atoms with van der Waals surface area (Å²) in [7, 11) is 1.87. The summed E-state index contributed by atoms with van der Waals surface area (Å²) in [6.07, 6.45) is 5.14. The minimum absolute atomic E-state index is 0.0848. The van der Waals surface area contributed by atoms with Gasteiger partial charge in [0.1, 0.15) is 0 Å². The van der Waals surface area contributed by atoms with Crippen molar-refractivity contribution in [2.45, 2.75) is 38.1 Å². The van der Waals surface area contributed by atoms with Gasteiger partial charge < -0.3 is 10.0 Å². The number of aliphatic carboxylic acids is 1. The van der Waals surface area contributed by atoms with Crippen LogP contribution < -0.4 is 0 Å². The standard InChI is InChI=1S/C22H33N3O3/c1-23(17-22(27)28)20-9-11-24(12-10-20)16-21(26)25-13-7-19(8-14-25)15-18-5-3-2-4-6-18/h2-6,19-20H,7-17H2,1H3,(H,27,28). The highest BCUT2D eigenvalue weighted by molar-refractivity contribution is 5.78. The number of benzene rings is 1. The van der Waals surface area contributed by atoms with Crippen LogP contribution in [0.1, 0.15) is 31.2 Å². The number of nitrogens with zero attached hydrogens (tertiary/aromatic N) is 3. The lowest BCUT2D eigenvalue weighted by molar-refractivity contribution is -0.138. The molecule has 2 fully saturated rings. The number of rotatable bonds is 7. The number of carboxylic acid groups (broad SMARTS) is 1. The fourth-order valence-electron chi connectivity index (χ4n) is 4.49. The van der Waals surface area contributed by atoms with E-state index in [1.54, 1.807) is 0 Å². The van der Waals surface area contributed by atoms with Gasteiger partial charge in [0.15, 0.2) is 0 Å². The first kappa shape index (κ1) is 20.8. The van der Waals surface area contributed by atoms with E-state index in [1.807, 2.05) is 16.8 Å². The van der Waals surface area contributed by atoms with Gasteiger partial charge in [-0.3, -0.25) is 19.4 Å². The average molecular weight is 388 g/mol. The van der Waals surface area contributed by atoms with E-state index >= 15 is 0 Å². The summed E-state index contributed by atoms with van der Waals surface area (Å²) in [6.45, 7) is 4.05. The third-order valence-electron chi connectivity index (χ3n) is 6.26. The number of hydrogen-bond donors (Lipinski definition) is 1. The Kier molecular flexibility index (Phi) is 7.45. The molecule has 0 spiro atoms. The number of carbonyl (C=O) groups is 2. The van der Waals surface area contributed by atoms with Gasteiger partial charge in [0.2, 0.25) is 5.91 Å². The van der Waals surface area contributed by atoms with E-state index < -0.39 is 5.97 Å². The van der Waals surface area contributed by atoms with Crippen LogP contribution >= 0.6 is 0 Å². The maximum atomic E-state index is 12.7. The molecule has 1 aromatic carbocycles. The Labute approximate surface area is 168 Å². The molecule has 0 saturated carbocycles. The molecule has 2 saturated heterocycles. The Morgan fingerprint density at radius 3 is 2.29 bits per heavy atom. The zero-order chi connectivity index (χ0) is 19.9. The first-order valence-corrected chi connectivity index (χ1v) is 10.5. The number of carbonyl (C=O) groups excluding carboxylic acids is 1. The molecule has 0 aromatic heterocycles. The second kappa shape index (κ2) is 10.0. The van der Waals surface area contributed by atoms with E-state index in [1.165, 1.54) is 5.56 Å². The van der Waals surface area contributed by atoms with Gasteiger partial charge in [-0.05, 0) is 50.6 Å². The molecule has 154 valence electrons. The van der Waals surface area contributed by atoms with Gasteiger partial charge in [-0.1, -0.05) is 30.3 Å². The van der Waals surface area contributed by atoms with Crippen LogP contribution in [0.2, 0.25) is 0 Å². The van der Waals surface area contributed by atoms with Crippen molar-refractivity contribution in [2.75, 3.05) is 46.3 Å². The van der Waals surface area contributed by atoms with E-state index in [0.717, 1.165) is 58.3 Å². The Balaban J connectivity index is 1.36. The topological polar surface area (TPSA) is 64.1 Å². The van der Waals surface area contributed by atoms with Crippen molar-refractivity contribution in [2.24, 2.45) is 5.92 Å². The minimum atomic E-state index is -0.782. The van der Waals surface area contributed by atoms with Gasteiger partial charge in [-0.2, -0.15) is 0 Å². The van der Waals surface area contributed by atoms with Crippen molar-refractivity contribution in [3.63, 3.8) is 0 Å². The highest BCUT2D eigenvalue weighted by Crippen LogP contribution is 2.22. The van der Waals surface area contributed by atoms with Crippen molar-refractivity contribution in [3.05, 3.63) is 35.9 Å². The second-order valence-electron chi connectivity index (χ2n) is 8.33. The maximum absolute atomic E-state index is 12.7. The van der Waals surface area contributed by atoms with Gasteiger partial charge >= 0.3 is 5.97 Å². The monoisotopic (exact) mass is 387 g/mol. The smallest absolute Gasteiger partial charge is 0.317 e. The molecular weight excluding hydrogens is 354 g/mol. The van der Waals surface area contributed by atoms with Crippen LogP contribution in [-0.4, -0.2) is 84.0 Å². The number of carboxylic acids is 1. The van der Waals surface area contributed by atoms with Gasteiger partial charge in [-0.15, -0.1) is 0 Å². The quantitative estimate of drug-likeness (QED) is 0.775. The van der Waals surface area contributed by atoms with Crippen molar-refractivity contribution < 1.29 is 14.7 Å². The maximum Gasteiger partial charge on any atom is 0.317 e. The zero-order valence-electron chi connectivity index (χ0n) is 16.9.